The molecule has 0 bridgehead atoms. The largest absolute Gasteiger partial charge is 0.412 e. The van der Waals surface area contributed by atoms with E-state index >= 15 is 0 Å². The van der Waals surface area contributed by atoms with E-state index in [0.717, 1.165) is 5.69 Å². The zero-order valence-corrected chi connectivity index (χ0v) is 6.12. The predicted molar refractivity (Wildman–Crippen MR) is 43.8 cm³/mol. The van der Waals surface area contributed by atoms with E-state index in [4.69, 9.17) is 5.73 Å². The van der Waals surface area contributed by atoms with Crippen molar-refractivity contribution >= 4 is 20.2 Å². The van der Waals surface area contributed by atoms with E-state index < -0.39 is 0 Å². The molecule has 1 atom stereocenters. The molecule has 0 fully saturated rings. The Labute approximate surface area is 56.6 Å². The number of nitrogens with two attached hydrogens (primary N) is 1. The van der Waals surface area contributed by atoms with Crippen molar-refractivity contribution in [3.05, 3.63) is 24.3 Å². The van der Waals surface area contributed by atoms with Crippen molar-refractivity contribution in [3.63, 3.8) is 0 Å². The summed E-state index contributed by atoms with van der Waals surface area (Å²) < 4.78 is 0. The van der Waals surface area contributed by atoms with E-state index in [0.29, 0.717) is 0 Å². The lowest BCUT2D eigenvalue weighted by Gasteiger charge is -1.90. The molecule has 2 nitrogen and oxygen atoms in total. The molecule has 0 aromatic heterocycles. The van der Waals surface area contributed by atoms with Gasteiger partial charge in [-0.2, -0.15) is 0 Å². The Bertz CT molecular complexity index is 152. The van der Waals surface area contributed by atoms with Gasteiger partial charge in [-0.3, -0.25) is 0 Å². The average molecular weight is 143 g/mol. The van der Waals surface area contributed by atoms with Crippen LogP contribution in [0.15, 0.2) is 24.3 Å². The van der Waals surface area contributed by atoms with E-state index in [9.17, 15) is 0 Å². The van der Waals surface area contributed by atoms with Gasteiger partial charge in [0, 0.05) is 5.69 Å². The minimum atomic E-state index is 0. The van der Waals surface area contributed by atoms with E-state index in [1.54, 1.807) is 0 Å². The van der Waals surface area contributed by atoms with Crippen LogP contribution in [-0.4, -0.2) is 5.48 Å². The van der Waals surface area contributed by atoms with Crippen LogP contribution in [0.4, 0.5) is 5.69 Å². The van der Waals surface area contributed by atoms with Gasteiger partial charge in [0.15, 0.2) is 0 Å². The minimum absolute atomic E-state index is 0. The highest BCUT2D eigenvalue weighted by molar-refractivity contribution is 7.27. The van der Waals surface area contributed by atoms with E-state index in [-0.39, 0.29) is 5.48 Å². The molecule has 50 valence electrons. The van der Waals surface area contributed by atoms with Crippen LogP contribution >= 0.6 is 9.24 Å². The van der Waals surface area contributed by atoms with Gasteiger partial charge in [-0.25, -0.2) is 0 Å². The number of hydrogen-bond donors (Lipinski definition) is 1. The number of hydrogen-bond acceptors (Lipinski definition) is 1. The maximum atomic E-state index is 5.42. The van der Waals surface area contributed by atoms with E-state index in [1.807, 2.05) is 24.3 Å². The van der Waals surface area contributed by atoms with Crippen LogP contribution in [0.5, 0.6) is 0 Å². The number of nitrogen functional groups attached to an aromatic ring is 1. The molecule has 0 amide bonds. The van der Waals surface area contributed by atoms with Crippen LogP contribution < -0.4 is 11.0 Å². The molecule has 1 rings (SSSR count). The van der Waals surface area contributed by atoms with Crippen LogP contribution in [0, 0.1) is 0 Å². The summed E-state index contributed by atoms with van der Waals surface area (Å²) in [5, 5.41) is 1.17. The molecule has 0 aliphatic rings. The van der Waals surface area contributed by atoms with Crippen LogP contribution in [0.3, 0.4) is 0 Å². The second-order valence-corrected chi connectivity index (χ2v) is 2.33. The first-order valence-corrected chi connectivity index (χ1v) is 2.98. The predicted octanol–water partition coefficient (Wildman–Crippen LogP) is -0.0555. The lowest BCUT2D eigenvalue weighted by atomic mass is 10.3. The summed E-state index contributed by atoms with van der Waals surface area (Å²) in [6.07, 6.45) is 0. The molecule has 9 heavy (non-hydrogen) atoms. The Morgan fingerprint density at radius 1 is 1.11 bits per heavy atom. The normalized spacial score (nSPS) is 8.11. The quantitative estimate of drug-likeness (QED) is 0.401. The molecule has 3 heteroatoms. The first-order valence-electron chi connectivity index (χ1n) is 2.40. The fourth-order valence-corrected chi connectivity index (χ4v) is 0.688. The maximum absolute atomic E-state index is 5.42. The van der Waals surface area contributed by atoms with Crippen LogP contribution in [-0.2, 0) is 0 Å². The molecule has 0 aliphatic carbocycles. The van der Waals surface area contributed by atoms with Gasteiger partial charge in [0.25, 0.3) is 0 Å². The van der Waals surface area contributed by atoms with Gasteiger partial charge < -0.3 is 11.2 Å². The van der Waals surface area contributed by atoms with Gasteiger partial charge in [-0.1, -0.05) is 12.1 Å². The molecule has 1 unspecified atom stereocenters. The van der Waals surface area contributed by atoms with Gasteiger partial charge in [0.2, 0.25) is 0 Å². The Morgan fingerprint density at radius 3 is 1.89 bits per heavy atom. The zero-order valence-electron chi connectivity index (χ0n) is 4.96. The molecule has 1 aromatic rings. The third kappa shape index (κ3) is 2.45. The highest BCUT2D eigenvalue weighted by Gasteiger charge is 1.80. The van der Waals surface area contributed by atoms with Gasteiger partial charge in [-0.05, 0) is 17.4 Å². The fraction of sp³-hybridized carbons (Fsp3) is 0. The lowest BCUT2D eigenvalue weighted by Crippen LogP contribution is -1.89. The summed E-state index contributed by atoms with van der Waals surface area (Å²) in [5.74, 6) is 0. The van der Waals surface area contributed by atoms with E-state index in [2.05, 4.69) is 9.24 Å². The van der Waals surface area contributed by atoms with Crippen molar-refractivity contribution in [2.45, 2.75) is 0 Å². The molecular weight excluding hydrogens is 133 g/mol. The van der Waals surface area contributed by atoms with Crippen molar-refractivity contribution in [2.75, 3.05) is 5.73 Å². The Hall–Kier alpha value is -0.590. The summed E-state index contributed by atoms with van der Waals surface area (Å²) in [7, 11) is 2.60. The molecule has 1 aromatic carbocycles. The number of anilines is 1. The zero-order chi connectivity index (χ0) is 5.98. The van der Waals surface area contributed by atoms with E-state index in [1.165, 1.54) is 5.30 Å². The van der Waals surface area contributed by atoms with Crippen molar-refractivity contribution in [3.8, 4) is 0 Å². The van der Waals surface area contributed by atoms with Gasteiger partial charge in [-0.15, -0.1) is 9.24 Å². The first-order chi connectivity index (χ1) is 3.79. The topological polar surface area (TPSA) is 57.5 Å². The van der Waals surface area contributed by atoms with Crippen LogP contribution in [0.1, 0.15) is 0 Å². The number of rotatable bonds is 0. The average Bonchev–Trinajstić information content (AvgIpc) is 1.77. The lowest BCUT2D eigenvalue weighted by molar-refractivity contribution is 0.824. The summed E-state index contributed by atoms with van der Waals surface area (Å²) in [6, 6.07) is 7.67. The molecule has 0 spiro atoms. The van der Waals surface area contributed by atoms with Gasteiger partial charge in [0.05, 0.1) is 0 Å². The summed E-state index contributed by atoms with van der Waals surface area (Å²) >= 11 is 0. The SMILES string of the molecule is Nc1ccc(P)cc1.O. The molecule has 0 radical (unpaired) electrons. The molecular formula is C6H10NOP. The highest BCUT2D eigenvalue weighted by Crippen LogP contribution is 1.97. The summed E-state index contributed by atoms with van der Waals surface area (Å²) in [6.45, 7) is 0. The number of benzene rings is 1. The molecule has 0 heterocycles. The Balaban J connectivity index is 0.000000640. The smallest absolute Gasteiger partial charge is 0.0314 e. The van der Waals surface area contributed by atoms with Gasteiger partial charge in [0.1, 0.15) is 0 Å². The van der Waals surface area contributed by atoms with Crippen molar-refractivity contribution in [2.24, 2.45) is 0 Å². The summed E-state index contributed by atoms with van der Waals surface area (Å²) in [4.78, 5) is 0. The summed E-state index contributed by atoms with van der Waals surface area (Å²) in [5.41, 5.74) is 6.23. The van der Waals surface area contributed by atoms with Crippen LogP contribution in [0.25, 0.3) is 0 Å². The minimum Gasteiger partial charge on any atom is -0.412 e. The van der Waals surface area contributed by atoms with Crippen molar-refractivity contribution in [1.29, 1.82) is 0 Å². The second-order valence-electron chi connectivity index (χ2n) is 1.67. The molecule has 0 aliphatic heterocycles. The monoisotopic (exact) mass is 143 g/mol. The second kappa shape index (κ2) is 3.44. The molecule has 0 saturated heterocycles. The first kappa shape index (κ1) is 8.41. The van der Waals surface area contributed by atoms with Crippen LogP contribution in [0.2, 0.25) is 0 Å². The fourth-order valence-electron chi connectivity index (χ4n) is 0.496. The Kier molecular flexibility index (Phi) is 3.21. The molecule has 4 N–H and O–H groups in total. The van der Waals surface area contributed by atoms with Crippen molar-refractivity contribution < 1.29 is 5.48 Å². The third-order valence-electron chi connectivity index (χ3n) is 0.936. The standard InChI is InChI=1S/C6H8NP.H2O/c7-5-1-3-6(8)4-2-5;/h1-4H,7-8H2;1H2. The Morgan fingerprint density at radius 2 is 1.56 bits per heavy atom. The molecule has 0 saturated carbocycles. The highest BCUT2D eigenvalue weighted by atomic mass is 31.0. The van der Waals surface area contributed by atoms with Crippen molar-refractivity contribution in [1.82, 2.24) is 0 Å². The van der Waals surface area contributed by atoms with Gasteiger partial charge >= 0.3 is 0 Å². The third-order valence-corrected chi connectivity index (χ3v) is 1.32. The maximum Gasteiger partial charge on any atom is 0.0314 e.